The number of sulfonamides is 1. The predicted molar refractivity (Wildman–Crippen MR) is 88.4 cm³/mol. The van der Waals surface area contributed by atoms with Gasteiger partial charge in [0.05, 0.1) is 16.7 Å². The Bertz CT molecular complexity index is 661. The van der Waals surface area contributed by atoms with Crippen molar-refractivity contribution in [1.82, 2.24) is 9.62 Å². The Labute approximate surface area is 145 Å². The third kappa shape index (κ3) is 4.29. The van der Waals surface area contributed by atoms with Crippen molar-refractivity contribution in [2.45, 2.75) is 30.7 Å². The largest absolute Gasteiger partial charge is 0.450 e. The Morgan fingerprint density at radius 3 is 2.65 bits per heavy atom. The zero-order valence-electron chi connectivity index (χ0n) is 12.6. The van der Waals surface area contributed by atoms with Crippen LogP contribution in [0.2, 0.25) is 10.0 Å². The van der Waals surface area contributed by atoms with Crippen LogP contribution in [-0.2, 0) is 14.8 Å². The molecule has 2 rings (SSSR count). The van der Waals surface area contributed by atoms with Crippen LogP contribution in [-0.4, -0.2) is 44.6 Å². The molecule has 1 aromatic rings. The molecule has 0 radical (unpaired) electrons. The van der Waals surface area contributed by atoms with Gasteiger partial charge in [0.1, 0.15) is 4.90 Å². The van der Waals surface area contributed by atoms with Gasteiger partial charge in [-0.25, -0.2) is 13.2 Å². The van der Waals surface area contributed by atoms with Crippen LogP contribution in [0.1, 0.15) is 19.8 Å². The molecule has 0 spiro atoms. The molecule has 1 amide bonds. The van der Waals surface area contributed by atoms with E-state index in [-0.39, 0.29) is 34.1 Å². The summed E-state index contributed by atoms with van der Waals surface area (Å²) >= 11 is 12.0. The molecule has 1 aliphatic rings. The maximum absolute atomic E-state index is 12.8. The fraction of sp³-hybridized carbons (Fsp3) is 0.500. The van der Waals surface area contributed by atoms with Gasteiger partial charge in [-0.2, -0.15) is 4.31 Å². The second kappa shape index (κ2) is 7.70. The fourth-order valence-electron chi connectivity index (χ4n) is 2.48. The second-order valence-electron chi connectivity index (χ2n) is 5.12. The number of carbonyl (C=O) groups is 1. The van der Waals surface area contributed by atoms with E-state index in [0.717, 1.165) is 0 Å². The molecular formula is C14H18Cl2N2O4S. The summed E-state index contributed by atoms with van der Waals surface area (Å²) in [6, 6.07) is 4.25. The molecule has 0 saturated carbocycles. The molecule has 1 atom stereocenters. The van der Waals surface area contributed by atoms with Gasteiger partial charge in [-0.1, -0.05) is 29.3 Å². The Balaban J connectivity index is 2.18. The maximum atomic E-state index is 12.8. The van der Waals surface area contributed by atoms with Crippen molar-refractivity contribution in [3.63, 3.8) is 0 Å². The number of halogens is 2. The molecule has 1 aliphatic heterocycles. The average molecular weight is 381 g/mol. The summed E-state index contributed by atoms with van der Waals surface area (Å²) in [6.45, 7) is 2.47. The molecule has 0 bridgehead atoms. The monoisotopic (exact) mass is 380 g/mol. The molecule has 1 aromatic carbocycles. The van der Waals surface area contributed by atoms with Crippen LogP contribution in [0.4, 0.5) is 4.79 Å². The van der Waals surface area contributed by atoms with Gasteiger partial charge in [0.25, 0.3) is 0 Å². The number of piperidine rings is 1. The number of nitrogens with one attached hydrogen (secondary N) is 1. The van der Waals surface area contributed by atoms with E-state index < -0.39 is 16.1 Å². The minimum Gasteiger partial charge on any atom is -0.450 e. The first-order valence-corrected chi connectivity index (χ1v) is 9.43. The average Bonchev–Trinajstić information content (AvgIpc) is 2.47. The number of benzene rings is 1. The molecule has 128 valence electrons. The lowest BCUT2D eigenvalue weighted by atomic mass is 10.1. The number of amides is 1. The Kier molecular flexibility index (Phi) is 6.13. The maximum Gasteiger partial charge on any atom is 0.407 e. The minimum absolute atomic E-state index is 0.0815. The molecule has 23 heavy (non-hydrogen) atoms. The van der Waals surface area contributed by atoms with E-state index in [4.69, 9.17) is 27.9 Å². The Morgan fingerprint density at radius 1 is 1.39 bits per heavy atom. The van der Waals surface area contributed by atoms with Gasteiger partial charge in [0, 0.05) is 19.1 Å². The standard InChI is InChI=1S/C14H18Cl2N2O4S/c1-2-22-14(19)17-10-5-4-8-18(9-10)23(20,21)13-11(15)6-3-7-12(13)16/h3,6-7,10H,2,4-5,8-9H2,1H3,(H,17,19). The normalized spacial score (nSPS) is 19.3. The first-order chi connectivity index (χ1) is 10.9. The topological polar surface area (TPSA) is 75.7 Å². The lowest BCUT2D eigenvalue weighted by Gasteiger charge is -2.32. The van der Waals surface area contributed by atoms with Crippen LogP contribution < -0.4 is 5.32 Å². The summed E-state index contributed by atoms with van der Waals surface area (Å²) < 4.78 is 31.7. The van der Waals surface area contributed by atoms with Crippen molar-refractivity contribution in [2.24, 2.45) is 0 Å². The van der Waals surface area contributed by atoms with Gasteiger partial charge < -0.3 is 10.1 Å². The van der Waals surface area contributed by atoms with E-state index >= 15 is 0 Å². The summed E-state index contributed by atoms with van der Waals surface area (Å²) in [5.41, 5.74) is 0. The van der Waals surface area contributed by atoms with Gasteiger partial charge in [-0.3, -0.25) is 0 Å². The zero-order valence-corrected chi connectivity index (χ0v) is 14.9. The molecule has 6 nitrogen and oxygen atoms in total. The van der Waals surface area contributed by atoms with Crippen LogP contribution in [0.3, 0.4) is 0 Å². The second-order valence-corrected chi connectivity index (χ2v) is 7.81. The third-order valence-corrected chi connectivity index (χ3v) is 6.32. The summed E-state index contributed by atoms with van der Waals surface area (Å²) in [5, 5.41) is 2.83. The lowest BCUT2D eigenvalue weighted by Crippen LogP contribution is -2.49. The quantitative estimate of drug-likeness (QED) is 0.870. The SMILES string of the molecule is CCOC(=O)NC1CCCN(S(=O)(=O)c2c(Cl)cccc2Cl)C1. The highest BCUT2D eigenvalue weighted by Gasteiger charge is 2.33. The van der Waals surface area contributed by atoms with Crippen molar-refractivity contribution >= 4 is 39.3 Å². The van der Waals surface area contributed by atoms with E-state index in [2.05, 4.69) is 5.32 Å². The van der Waals surface area contributed by atoms with Crippen molar-refractivity contribution in [1.29, 1.82) is 0 Å². The van der Waals surface area contributed by atoms with Crippen molar-refractivity contribution in [3.8, 4) is 0 Å². The fourth-order valence-corrected chi connectivity index (χ4v) is 5.09. The van der Waals surface area contributed by atoms with E-state index in [1.54, 1.807) is 13.0 Å². The number of alkyl carbamates (subject to hydrolysis) is 1. The van der Waals surface area contributed by atoms with Crippen LogP contribution in [0, 0.1) is 0 Å². The summed E-state index contributed by atoms with van der Waals surface area (Å²) in [6.07, 6.45) is 0.756. The minimum atomic E-state index is -3.83. The van der Waals surface area contributed by atoms with Gasteiger partial charge in [-0.05, 0) is 31.9 Å². The number of nitrogens with zero attached hydrogens (tertiary/aromatic N) is 1. The Morgan fingerprint density at radius 2 is 2.04 bits per heavy atom. The van der Waals surface area contributed by atoms with Crippen molar-refractivity contribution in [2.75, 3.05) is 19.7 Å². The van der Waals surface area contributed by atoms with Crippen LogP contribution in [0.5, 0.6) is 0 Å². The molecule has 1 N–H and O–H groups in total. The molecule has 0 aromatic heterocycles. The highest BCUT2D eigenvalue weighted by atomic mass is 35.5. The molecule has 1 unspecified atom stereocenters. The van der Waals surface area contributed by atoms with E-state index in [0.29, 0.717) is 19.4 Å². The zero-order chi connectivity index (χ0) is 17.0. The van der Waals surface area contributed by atoms with Gasteiger partial charge in [-0.15, -0.1) is 0 Å². The van der Waals surface area contributed by atoms with E-state index in [9.17, 15) is 13.2 Å². The predicted octanol–water partition coefficient (Wildman–Crippen LogP) is 2.89. The lowest BCUT2D eigenvalue weighted by molar-refractivity contribution is 0.142. The number of hydrogen-bond acceptors (Lipinski definition) is 4. The smallest absolute Gasteiger partial charge is 0.407 e. The van der Waals surface area contributed by atoms with Crippen LogP contribution >= 0.6 is 23.2 Å². The van der Waals surface area contributed by atoms with Crippen LogP contribution in [0.15, 0.2) is 23.1 Å². The first-order valence-electron chi connectivity index (χ1n) is 7.23. The van der Waals surface area contributed by atoms with Gasteiger partial charge in [0.2, 0.25) is 10.0 Å². The number of carbonyl (C=O) groups excluding carboxylic acids is 1. The van der Waals surface area contributed by atoms with Crippen LogP contribution in [0.25, 0.3) is 0 Å². The van der Waals surface area contributed by atoms with E-state index in [1.165, 1.54) is 16.4 Å². The van der Waals surface area contributed by atoms with Gasteiger partial charge in [0.15, 0.2) is 0 Å². The molecular weight excluding hydrogens is 363 g/mol. The summed E-state index contributed by atoms with van der Waals surface area (Å²) in [7, 11) is -3.83. The summed E-state index contributed by atoms with van der Waals surface area (Å²) in [5.74, 6) is 0. The van der Waals surface area contributed by atoms with Crippen molar-refractivity contribution in [3.05, 3.63) is 28.2 Å². The Hall–Kier alpha value is -1.02. The molecule has 9 heteroatoms. The highest BCUT2D eigenvalue weighted by Crippen LogP contribution is 2.32. The number of ether oxygens (including phenoxy) is 1. The third-order valence-electron chi connectivity index (χ3n) is 3.50. The molecule has 1 fully saturated rings. The summed E-state index contributed by atoms with van der Waals surface area (Å²) in [4.78, 5) is 11.4. The molecule has 1 saturated heterocycles. The molecule has 0 aliphatic carbocycles. The molecule has 1 heterocycles. The van der Waals surface area contributed by atoms with E-state index in [1.807, 2.05) is 0 Å². The number of rotatable bonds is 4. The first kappa shape index (κ1) is 18.3. The highest BCUT2D eigenvalue weighted by molar-refractivity contribution is 7.89. The van der Waals surface area contributed by atoms with Gasteiger partial charge >= 0.3 is 6.09 Å². The van der Waals surface area contributed by atoms with Crippen molar-refractivity contribution < 1.29 is 17.9 Å². The number of hydrogen-bond donors (Lipinski definition) is 1.